The maximum Gasteiger partial charge on any atom is 0.119 e. The lowest BCUT2D eigenvalue weighted by molar-refractivity contribution is 0.466. The minimum atomic E-state index is 0.193. The molecule has 0 saturated heterocycles. The minimum Gasteiger partial charge on any atom is -0.508 e. The largest absolute Gasteiger partial charge is 0.508 e. The standard InChI is InChI=1S/C14H13BrO/c1-10(11-5-3-2-4-6-11)13-9-12(15)7-8-14(13)16/h2-10,16H,1H3. The Kier molecular flexibility index (Phi) is 3.30. The first-order valence-electron chi connectivity index (χ1n) is 5.22. The highest BCUT2D eigenvalue weighted by atomic mass is 79.9. The summed E-state index contributed by atoms with van der Waals surface area (Å²) in [6, 6.07) is 15.7. The summed E-state index contributed by atoms with van der Waals surface area (Å²) in [5.41, 5.74) is 2.15. The van der Waals surface area contributed by atoms with Crippen molar-refractivity contribution in [3.8, 4) is 5.75 Å². The molecule has 0 aliphatic rings. The van der Waals surface area contributed by atoms with E-state index < -0.39 is 0 Å². The lowest BCUT2D eigenvalue weighted by Gasteiger charge is -2.14. The summed E-state index contributed by atoms with van der Waals surface area (Å²) in [7, 11) is 0. The fraction of sp³-hybridized carbons (Fsp3) is 0.143. The zero-order chi connectivity index (χ0) is 11.5. The maximum atomic E-state index is 9.85. The van der Waals surface area contributed by atoms with Gasteiger partial charge in [-0.25, -0.2) is 0 Å². The van der Waals surface area contributed by atoms with Crippen LogP contribution in [0.1, 0.15) is 24.0 Å². The smallest absolute Gasteiger partial charge is 0.119 e. The average molecular weight is 277 g/mol. The van der Waals surface area contributed by atoms with E-state index in [1.807, 2.05) is 30.3 Å². The molecule has 1 N–H and O–H groups in total. The maximum absolute atomic E-state index is 9.85. The zero-order valence-electron chi connectivity index (χ0n) is 9.02. The fourth-order valence-electron chi connectivity index (χ4n) is 1.79. The van der Waals surface area contributed by atoms with Crippen LogP contribution in [0.2, 0.25) is 0 Å². The molecular weight excluding hydrogens is 264 g/mol. The first-order valence-corrected chi connectivity index (χ1v) is 6.01. The molecule has 2 aromatic rings. The lowest BCUT2D eigenvalue weighted by Crippen LogP contribution is -1.96. The number of hydrogen-bond donors (Lipinski definition) is 1. The van der Waals surface area contributed by atoms with Gasteiger partial charge in [0.15, 0.2) is 0 Å². The van der Waals surface area contributed by atoms with Crippen LogP contribution in [0.4, 0.5) is 0 Å². The molecule has 0 aliphatic heterocycles. The monoisotopic (exact) mass is 276 g/mol. The topological polar surface area (TPSA) is 20.2 Å². The number of phenols is 1. The summed E-state index contributed by atoms with van der Waals surface area (Å²) >= 11 is 3.43. The van der Waals surface area contributed by atoms with Crippen LogP contribution >= 0.6 is 15.9 Å². The summed E-state index contributed by atoms with van der Waals surface area (Å²) in [5, 5.41) is 9.85. The molecule has 0 fully saturated rings. The van der Waals surface area contributed by atoms with Crippen molar-refractivity contribution in [3.63, 3.8) is 0 Å². The zero-order valence-corrected chi connectivity index (χ0v) is 10.6. The number of rotatable bonds is 2. The van der Waals surface area contributed by atoms with Crippen molar-refractivity contribution in [2.75, 3.05) is 0 Å². The van der Waals surface area contributed by atoms with Gasteiger partial charge < -0.3 is 5.11 Å². The van der Waals surface area contributed by atoms with Gasteiger partial charge in [-0.15, -0.1) is 0 Å². The van der Waals surface area contributed by atoms with E-state index in [0.717, 1.165) is 10.0 Å². The van der Waals surface area contributed by atoms with E-state index >= 15 is 0 Å². The lowest BCUT2D eigenvalue weighted by atomic mass is 9.93. The van der Waals surface area contributed by atoms with Crippen molar-refractivity contribution >= 4 is 15.9 Å². The summed E-state index contributed by atoms with van der Waals surface area (Å²) in [4.78, 5) is 0. The Morgan fingerprint density at radius 1 is 1.06 bits per heavy atom. The molecule has 0 saturated carbocycles. The molecule has 0 spiro atoms. The second-order valence-electron chi connectivity index (χ2n) is 3.84. The van der Waals surface area contributed by atoms with Gasteiger partial charge in [0.2, 0.25) is 0 Å². The molecule has 0 aromatic heterocycles. The quantitative estimate of drug-likeness (QED) is 0.867. The molecule has 0 bridgehead atoms. The minimum absolute atomic E-state index is 0.193. The normalized spacial score (nSPS) is 12.4. The molecule has 1 atom stereocenters. The van der Waals surface area contributed by atoms with Gasteiger partial charge in [0.05, 0.1) is 0 Å². The molecule has 1 nitrogen and oxygen atoms in total. The number of aromatic hydroxyl groups is 1. The summed E-state index contributed by atoms with van der Waals surface area (Å²) in [6.07, 6.45) is 0. The third-order valence-electron chi connectivity index (χ3n) is 2.76. The number of hydrogen-bond acceptors (Lipinski definition) is 1. The molecular formula is C14H13BrO. The fourth-order valence-corrected chi connectivity index (χ4v) is 2.17. The molecule has 0 radical (unpaired) electrons. The van der Waals surface area contributed by atoms with Gasteiger partial charge in [0.1, 0.15) is 5.75 Å². The summed E-state index contributed by atoms with van der Waals surface area (Å²) in [5.74, 6) is 0.540. The number of halogens is 1. The Labute approximate surface area is 104 Å². The van der Waals surface area contributed by atoms with E-state index in [1.54, 1.807) is 6.07 Å². The second kappa shape index (κ2) is 4.71. The first-order chi connectivity index (χ1) is 7.68. The predicted octanol–water partition coefficient (Wildman–Crippen LogP) is 4.31. The summed E-state index contributed by atoms with van der Waals surface area (Å²) < 4.78 is 0.989. The van der Waals surface area contributed by atoms with Crippen molar-refractivity contribution in [1.82, 2.24) is 0 Å². The summed E-state index contributed by atoms with van der Waals surface area (Å²) in [6.45, 7) is 2.09. The van der Waals surface area contributed by atoms with Crippen LogP contribution in [0, 0.1) is 0 Å². The van der Waals surface area contributed by atoms with Crippen LogP contribution in [-0.2, 0) is 0 Å². The molecule has 2 aromatic carbocycles. The van der Waals surface area contributed by atoms with E-state index in [9.17, 15) is 5.11 Å². The Bertz CT molecular complexity index is 479. The van der Waals surface area contributed by atoms with Gasteiger partial charge in [-0.2, -0.15) is 0 Å². The van der Waals surface area contributed by atoms with Gasteiger partial charge in [-0.3, -0.25) is 0 Å². The van der Waals surface area contributed by atoms with Crippen LogP contribution in [0.25, 0.3) is 0 Å². The van der Waals surface area contributed by atoms with E-state index in [2.05, 4.69) is 35.0 Å². The molecule has 16 heavy (non-hydrogen) atoms. The third kappa shape index (κ3) is 2.27. The second-order valence-corrected chi connectivity index (χ2v) is 4.75. The van der Waals surface area contributed by atoms with E-state index in [-0.39, 0.29) is 5.92 Å². The highest BCUT2D eigenvalue weighted by Crippen LogP contribution is 2.32. The van der Waals surface area contributed by atoms with E-state index in [1.165, 1.54) is 5.56 Å². The van der Waals surface area contributed by atoms with E-state index in [0.29, 0.717) is 5.75 Å². The third-order valence-corrected chi connectivity index (χ3v) is 3.25. The molecule has 1 unspecified atom stereocenters. The molecule has 2 heteroatoms. The first kappa shape index (κ1) is 11.2. The van der Waals surface area contributed by atoms with Gasteiger partial charge in [0, 0.05) is 16.0 Å². The van der Waals surface area contributed by atoms with Gasteiger partial charge in [-0.1, -0.05) is 53.2 Å². The number of benzene rings is 2. The van der Waals surface area contributed by atoms with Gasteiger partial charge in [0.25, 0.3) is 0 Å². The van der Waals surface area contributed by atoms with Gasteiger partial charge >= 0.3 is 0 Å². The Balaban J connectivity index is 2.41. The predicted molar refractivity (Wildman–Crippen MR) is 69.8 cm³/mol. The Morgan fingerprint density at radius 3 is 2.44 bits per heavy atom. The average Bonchev–Trinajstić information content (AvgIpc) is 2.32. The highest BCUT2D eigenvalue weighted by molar-refractivity contribution is 9.10. The van der Waals surface area contributed by atoms with Crippen molar-refractivity contribution < 1.29 is 5.11 Å². The molecule has 2 rings (SSSR count). The highest BCUT2D eigenvalue weighted by Gasteiger charge is 2.12. The van der Waals surface area contributed by atoms with Gasteiger partial charge in [-0.05, 0) is 23.8 Å². The van der Waals surface area contributed by atoms with Crippen LogP contribution in [-0.4, -0.2) is 5.11 Å². The van der Waals surface area contributed by atoms with Crippen molar-refractivity contribution in [2.24, 2.45) is 0 Å². The Morgan fingerprint density at radius 2 is 1.75 bits per heavy atom. The SMILES string of the molecule is CC(c1ccccc1)c1cc(Br)ccc1O. The molecule has 0 heterocycles. The van der Waals surface area contributed by atoms with Crippen LogP contribution < -0.4 is 0 Å². The van der Waals surface area contributed by atoms with Crippen molar-refractivity contribution in [3.05, 3.63) is 64.1 Å². The van der Waals surface area contributed by atoms with Crippen molar-refractivity contribution in [2.45, 2.75) is 12.8 Å². The van der Waals surface area contributed by atoms with Crippen LogP contribution in [0.5, 0.6) is 5.75 Å². The van der Waals surface area contributed by atoms with Crippen LogP contribution in [0.3, 0.4) is 0 Å². The molecule has 0 amide bonds. The van der Waals surface area contributed by atoms with Crippen LogP contribution in [0.15, 0.2) is 53.0 Å². The Hall–Kier alpha value is -1.28. The molecule has 0 aliphatic carbocycles. The van der Waals surface area contributed by atoms with Crippen molar-refractivity contribution in [1.29, 1.82) is 0 Å². The van der Waals surface area contributed by atoms with E-state index in [4.69, 9.17) is 0 Å². The molecule has 82 valence electrons. The number of phenolic OH excluding ortho intramolecular Hbond substituents is 1.